The summed E-state index contributed by atoms with van der Waals surface area (Å²) in [4.78, 5) is 20.4. The molecule has 0 radical (unpaired) electrons. The van der Waals surface area contributed by atoms with Gasteiger partial charge < -0.3 is 10.6 Å². The molecule has 0 unspecified atom stereocenters. The second-order valence-corrected chi connectivity index (χ2v) is 5.36. The predicted octanol–water partition coefficient (Wildman–Crippen LogP) is 4.17. The fraction of sp³-hybridized carbons (Fsp3) is 0.105. The third-order valence-electron chi connectivity index (χ3n) is 3.67. The number of carbonyl (C=O) groups is 1. The number of benzene rings is 2. The van der Waals surface area contributed by atoms with E-state index >= 15 is 0 Å². The molecule has 0 saturated heterocycles. The summed E-state index contributed by atoms with van der Waals surface area (Å²) >= 11 is 0. The number of nitrogens with one attached hydrogen (secondary N) is 2. The molecular weight excluding hydrogens is 319 g/mol. The van der Waals surface area contributed by atoms with E-state index in [-0.39, 0.29) is 11.4 Å². The van der Waals surface area contributed by atoms with E-state index in [9.17, 15) is 9.18 Å². The van der Waals surface area contributed by atoms with Gasteiger partial charge in [-0.3, -0.25) is 4.79 Å². The number of hydrogen-bond donors (Lipinski definition) is 2. The van der Waals surface area contributed by atoms with Gasteiger partial charge in [-0.05, 0) is 30.2 Å². The van der Waals surface area contributed by atoms with Crippen molar-refractivity contribution in [1.29, 1.82) is 0 Å². The summed E-state index contributed by atoms with van der Waals surface area (Å²) in [7, 11) is 0. The van der Waals surface area contributed by atoms with Gasteiger partial charge in [-0.15, -0.1) is 0 Å². The van der Waals surface area contributed by atoms with E-state index in [0.29, 0.717) is 5.82 Å². The molecule has 2 aromatic carbocycles. The van der Waals surface area contributed by atoms with Crippen LogP contribution in [-0.2, 0) is 6.42 Å². The number of rotatable bonds is 5. The summed E-state index contributed by atoms with van der Waals surface area (Å²) in [6, 6.07) is 13.9. The number of halogens is 1. The molecule has 2 N–H and O–H groups in total. The van der Waals surface area contributed by atoms with E-state index in [1.807, 2.05) is 24.3 Å². The lowest BCUT2D eigenvalue weighted by Gasteiger charge is -2.10. The molecule has 1 amide bonds. The van der Waals surface area contributed by atoms with Gasteiger partial charge >= 0.3 is 0 Å². The highest BCUT2D eigenvalue weighted by molar-refractivity contribution is 6.02. The normalized spacial score (nSPS) is 10.3. The standard InChI is InChI=1S/C19H17FN4O/c1-2-13-7-3-5-9-15(13)23-18-12-21-17(11-22-18)19(25)24-16-10-6-4-8-14(16)20/h3-12H,2H2,1H3,(H,22,23)(H,24,25). The highest BCUT2D eigenvalue weighted by Gasteiger charge is 2.11. The Morgan fingerprint density at radius 3 is 2.40 bits per heavy atom. The molecule has 3 aromatic rings. The molecule has 1 aromatic heterocycles. The minimum atomic E-state index is -0.516. The van der Waals surface area contributed by atoms with E-state index in [1.54, 1.807) is 12.1 Å². The second kappa shape index (κ2) is 7.53. The smallest absolute Gasteiger partial charge is 0.275 e. The Balaban J connectivity index is 1.72. The summed E-state index contributed by atoms with van der Waals surface area (Å²) < 4.78 is 13.6. The van der Waals surface area contributed by atoms with E-state index in [1.165, 1.54) is 24.5 Å². The van der Waals surface area contributed by atoms with Gasteiger partial charge in [0.1, 0.15) is 17.3 Å². The van der Waals surface area contributed by atoms with Gasteiger partial charge in [-0.1, -0.05) is 37.3 Å². The van der Waals surface area contributed by atoms with Crippen LogP contribution in [0.25, 0.3) is 0 Å². The first-order valence-corrected chi connectivity index (χ1v) is 7.90. The van der Waals surface area contributed by atoms with Crippen molar-refractivity contribution in [2.24, 2.45) is 0 Å². The first-order chi connectivity index (χ1) is 12.2. The molecule has 25 heavy (non-hydrogen) atoms. The second-order valence-electron chi connectivity index (χ2n) is 5.36. The highest BCUT2D eigenvalue weighted by Crippen LogP contribution is 2.19. The molecule has 6 heteroatoms. The fourth-order valence-corrected chi connectivity index (χ4v) is 2.35. The lowest BCUT2D eigenvalue weighted by atomic mass is 10.1. The Hall–Kier alpha value is -3.28. The number of nitrogens with zero attached hydrogens (tertiary/aromatic N) is 2. The Labute approximate surface area is 145 Å². The Kier molecular flexibility index (Phi) is 4.99. The molecule has 0 spiro atoms. The Morgan fingerprint density at radius 2 is 1.72 bits per heavy atom. The van der Waals surface area contributed by atoms with Gasteiger partial charge in [0, 0.05) is 5.69 Å². The molecule has 5 nitrogen and oxygen atoms in total. The molecule has 1 heterocycles. The van der Waals surface area contributed by atoms with E-state index < -0.39 is 11.7 Å². The van der Waals surface area contributed by atoms with Gasteiger partial charge in [-0.25, -0.2) is 14.4 Å². The van der Waals surface area contributed by atoms with Crippen LogP contribution in [0.4, 0.5) is 21.6 Å². The first kappa shape index (κ1) is 16.6. The van der Waals surface area contributed by atoms with Crippen molar-refractivity contribution in [2.45, 2.75) is 13.3 Å². The molecule has 0 bridgehead atoms. The minimum Gasteiger partial charge on any atom is -0.339 e. The summed E-state index contributed by atoms with van der Waals surface area (Å²) in [6.45, 7) is 2.07. The minimum absolute atomic E-state index is 0.105. The third kappa shape index (κ3) is 3.98. The topological polar surface area (TPSA) is 66.9 Å². The number of aromatic nitrogens is 2. The largest absolute Gasteiger partial charge is 0.339 e. The quantitative estimate of drug-likeness (QED) is 0.734. The number of para-hydroxylation sites is 2. The van der Waals surface area contributed by atoms with E-state index in [2.05, 4.69) is 27.5 Å². The number of anilines is 3. The number of hydrogen-bond acceptors (Lipinski definition) is 4. The molecule has 0 aliphatic rings. The van der Waals surface area contributed by atoms with Crippen LogP contribution in [0.2, 0.25) is 0 Å². The van der Waals surface area contributed by atoms with Gasteiger partial charge in [0.25, 0.3) is 5.91 Å². The molecule has 0 aliphatic carbocycles. The maximum Gasteiger partial charge on any atom is 0.275 e. The molecule has 0 atom stereocenters. The van der Waals surface area contributed by atoms with Crippen LogP contribution >= 0.6 is 0 Å². The van der Waals surface area contributed by atoms with Crippen LogP contribution in [-0.4, -0.2) is 15.9 Å². The molecular formula is C19H17FN4O. The van der Waals surface area contributed by atoms with Crippen molar-refractivity contribution in [3.8, 4) is 0 Å². The van der Waals surface area contributed by atoms with Crippen LogP contribution < -0.4 is 10.6 Å². The van der Waals surface area contributed by atoms with Gasteiger partial charge in [-0.2, -0.15) is 0 Å². The molecule has 126 valence electrons. The fourth-order valence-electron chi connectivity index (χ4n) is 2.35. The van der Waals surface area contributed by atoms with Gasteiger partial charge in [0.2, 0.25) is 0 Å². The summed E-state index contributed by atoms with van der Waals surface area (Å²) in [6.07, 6.45) is 3.72. The SMILES string of the molecule is CCc1ccccc1Nc1cnc(C(=O)Nc2ccccc2F)cn1. The summed E-state index contributed by atoms with van der Waals surface area (Å²) in [5.41, 5.74) is 2.32. The van der Waals surface area contributed by atoms with Crippen molar-refractivity contribution in [3.05, 3.63) is 78.0 Å². The molecule has 0 fully saturated rings. The van der Waals surface area contributed by atoms with Gasteiger partial charge in [0.15, 0.2) is 0 Å². The molecule has 3 rings (SSSR count). The monoisotopic (exact) mass is 336 g/mol. The zero-order valence-corrected chi connectivity index (χ0v) is 13.7. The zero-order valence-electron chi connectivity index (χ0n) is 13.7. The van der Waals surface area contributed by atoms with E-state index in [4.69, 9.17) is 0 Å². The van der Waals surface area contributed by atoms with Crippen LogP contribution in [0.3, 0.4) is 0 Å². The Morgan fingerprint density at radius 1 is 1.00 bits per heavy atom. The maximum atomic E-state index is 13.6. The first-order valence-electron chi connectivity index (χ1n) is 7.90. The van der Waals surface area contributed by atoms with Crippen LogP contribution in [0.15, 0.2) is 60.9 Å². The summed E-state index contributed by atoms with van der Waals surface area (Å²) in [5.74, 6) is -0.486. The van der Waals surface area contributed by atoms with Gasteiger partial charge in [0.05, 0.1) is 18.1 Å². The van der Waals surface area contributed by atoms with Crippen LogP contribution in [0.1, 0.15) is 23.0 Å². The Bertz CT molecular complexity index is 881. The highest BCUT2D eigenvalue weighted by atomic mass is 19.1. The molecule has 0 aliphatic heterocycles. The molecule has 0 saturated carbocycles. The predicted molar refractivity (Wildman–Crippen MR) is 95.5 cm³/mol. The van der Waals surface area contributed by atoms with Crippen LogP contribution in [0, 0.1) is 5.82 Å². The number of carbonyl (C=O) groups excluding carboxylic acids is 1. The summed E-state index contributed by atoms with van der Waals surface area (Å²) in [5, 5.41) is 5.66. The number of aryl methyl sites for hydroxylation is 1. The average Bonchev–Trinajstić information content (AvgIpc) is 2.64. The van der Waals surface area contributed by atoms with E-state index in [0.717, 1.165) is 17.7 Å². The van der Waals surface area contributed by atoms with Crippen molar-refractivity contribution < 1.29 is 9.18 Å². The van der Waals surface area contributed by atoms with Crippen molar-refractivity contribution in [1.82, 2.24) is 9.97 Å². The van der Waals surface area contributed by atoms with Crippen molar-refractivity contribution in [3.63, 3.8) is 0 Å². The average molecular weight is 336 g/mol. The van der Waals surface area contributed by atoms with Crippen molar-refractivity contribution in [2.75, 3.05) is 10.6 Å². The third-order valence-corrected chi connectivity index (χ3v) is 3.67. The lowest BCUT2D eigenvalue weighted by molar-refractivity contribution is 0.102. The lowest BCUT2D eigenvalue weighted by Crippen LogP contribution is -2.15. The maximum absolute atomic E-state index is 13.6. The van der Waals surface area contributed by atoms with Crippen LogP contribution in [0.5, 0.6) is 0 Å². The number of amides is 1. The zero-order chi connectivity index (χ0) is 17.6. The van der Waals surface area contributed by atoms with Crippen molar-refractivity contribution >= 4 is 23.1 Å².